The van der Waals surface area contributed by atoms with Crippen molar-refractivity contribution in [2.75, 3.05) is 26.0 Å². The lowest BCUT2D eigenvalue weighted by Gasteiger charge is -2.26. The average molecular weight is 334 g/mol. The highest BCUT2D eigenvalue weighted by molar-refractivity contribution is 7.99. The minimum absolute atomic E-state index is 0.274. The Kier molecular flexibility index (Phi) is 7.22. The molecule has 0 bridgehead atoms. The summed E-state index contributed by atoms with van der Waals surface area (Å²) in [6.45, 7) is 3.12. The molecule has 0 spiro atoms. The van der Waals surface area contributed by atoms with Crippen LogP contribution < -0.4 is 4.74 Å². The molecule has 1 aliphatic rings. The first kappa shape index (κ1) is 18.1. The van der Waals surface area contributed by atoms with Crippen molar-refractivity contribution in [3.8, 4) is 11.8 Å². The topological polar surface area (TPSA) is 56.5 Å². The van der Waals surface area contributed by atoms with Gasteiger partial charge in [-0.1, -0.05) is 6.92 Å². The third-order valence-corrected chi connectivity index (χ3v) is 5.54. The van der Waals surface area contributed by atoms with Crippen molar-refractivity contribution in [3.05, 3.63) is 29.8 Å². The molecule has 1 aromatic carbocycles. The molecule has 2 rings (SSSR count). The van der Waals surface area contributed by atoms with Crippen molar-refractivity contribution in [2.24, 2.45) is 0 Å². The summed E-state index contributed by atoms with van der Waals surface area (Å²) in [7, 11) is 2.09. The molecule has 0 amide bonds. The number of aliphatic hydroxyl groups is 1. The van der Waals surface area contributed by atoms with Gasteiger partial charge in [0.15, 0.2) is 0 Å². The first-order valence-corrected chi connectivity index (χ1v) is 9.30. The molecule has 126 valence electrons. The van der Waals surface area contributed by atoms with Crippen molar-refractivity contribution in [3.63, 3.8) is 0 Å². The summed E-state index contributed by atoms with van der Waals surface area (Å²) in [5.74, 6) is 1.87. The summed E-state index contributed by atoms with van der Waals surface area (Å²) in [6, 6.07) is 9.61. The predicted octanol–water partition coefficient (Wildman–Crippen LogP) is 2.90. The molecule has 1 saturated carbocycles. The molecule has 0 aliphatic heterocycles. The minimum atomic E-state index is -0.506. The quantitative estimate of drug-likeness (QED) is 0.792. The van der Waals surface area contributed by atoms with Gasteiger partial charge in [-0.25, -0.2) is 0 Å². The summed E-state index contributed by atoms with van der Waals surface area (Å²) in [4.78, 5) is 2.27. The van der Waals surface area contributed by atoms with E-state index < -0.39 is 6.10 Å². The number of hydrogen-bond acceptors (Lipinski definition) is 5. The van der Waals surface area contributed by atoms with Gasteiger partial charge in [-0.3, -0.25) is 0 Å². The zero-order chi connectivity index (χ0) is 16.7. The largest absolute Gasteiger partial charge is 0.491 e. The molecule has 0 saturated heterocycles. The molecule has 3 unspecified atom stereocenters. The van der Waals surface area contributed by atoms with Crippen molar-refractivity contribution in [1.29, 1.82) is 5.26 Å². The molecule has 0 radical (unpaired) electrons. The lowest BCUT2D eigenvalue weighted by molar-refractivity contribution is 0.0639. The van der Waals surface area contributed by atoms with Gasteiger partial charge in [-0.2, -0.15) is 17.0 Å². The predicted molar refractivity (Wildman–Crippen MR) is 94.8 cm³/mol. The molecule has 4 nitrogen and oxygen atoms in total. The van der Waals surface area contributed by atoms with Crippen LogP contribution in [0.15, 0.2) is 24.3 Å². The number of rotatable bonds is 8. The van der Waals surface area contributed by atoms with Gasteiger partial charge in [-0.05, 0) is 56.3 Å². The Hall–Kier alpha value is -1.22. The Labute approximate surface area is 143 Å². The van der Waals surface area contributed by atoms with Crippen molar-refractivity contribution >= 4 is 11.8 Å². The van der Waals surface area contributed by atoms with E-state index in [1.54, 1.807) is 24.3 Å². The first-order chi connectivity index (χ1) is 11.1. The molecule has 1 aromatic rings. The summed E-state index contributed by atoms with van der Waals surface area (Å²) < 4.78 is 5.60. The van der Waals surface area contributed by atoms with Crippen molar-refractivity contribution in [2.45, 2.75) is 43.6 Å². The van der Waals surface area contributed by atoms with Crippen LogP contribution in [0.25, 0.3) is 0 Å². The Morgan fingerprint density at radius 3 is 2.78 bits per heavy atom. The van der Waals surface area contributed by atoms with E-state index in [0.29, 0.717) is 23.9 Å². The van der Waals surface area contributed by atoms with Crippen LogP contribution in [0.4, 0.5) is 0 Å². The summed E-state index contributed by atoms with van der Waals surface area (Å²) in [6.07, 6.45) is 3.22. The number of nitrogens with zero attached hydrogens (tertiary/aromatic N) is 2. The van der Waals surface area contributed by atoms with Gasteiger partial charge in [0.2, 0.25) is 0 Å². The first-order valence-electron chi connectivity index (χ1n) is 8.25. The van der Waals surface area contributed by atoms with E-state index in [1.807, 2.05) is 0 Å². The van der Waals surface area contributed by atoms with Crippen LogP contribution in [0.1, 0.15) is 31.7 Å². The maximum atomic E-state index is 10.2. The number of nitriles is 1. The van der Waals surface area contributed by atoms with Crippen molar-refractivity contribution in [1.82, 2.24) is 4.90 Å². The fourth-order valence-electron chi connectivity index (χ4n) is 3.06. The maximum Gasteiger partial charge on any atom is 0.119 e. The summed E-state index contributed by atoms with van der Waals surface area (Å²) >= 11 is 2.05. The molecule has 1 aliphatic carbocycles. The van der Waals surface area contributed by atoms with E-state index in [0.717, 1.165) is 5.25 Å². The number of thioether (sulfide) groups is 1. The van der Waals surface area contributed by atoms with E-state index in [1.165, 1.54) is 25.0 Å². The standard InChI is InChI=1S/C18H26N2O2S/c1-3-23-18-9-6-15(10-18)20(2)12-16(21)13-22-17-7-4-14(11-19)5-8-17/h4-5,7-8,15-16,18,21H,3,6,9-10,12-13H2,1-2H3. The second-order valence-corrected chi connectivity index (χ2v) is 7.66. The monoisotopic (exact) mass is 334 g/mol. The molecule has 5 heteroatoms. The Balaban J connectivity index is 1.71. The van der Waals surface area contributed by atoms with Gasteiger partial charge in [0.1, 0.15) is 18.5 Å². The molecule has 0 heterocycles. The van der Waals surface area contributed by atoms with Gasteiger partial charge in [-0.15, -0.1) is 0 Å². The molecular weight excluding hydrogens is 308 g/mol. The highest BCUT2D eigenvalue weighted by Gasteiger charge is 2.28. The van der Waals surface area contributed by atoms with E-state index in [2.05, 4.69) is 36.7 Å². The van der Waals surface area contributed by atoms with Gasteiger partial charge >= 0.3 is 0 Å². The van der Waals surface area contributed by atoms with Crippen LogP contribution in [0, 0.1) is 11.3 Å². The zero-order valence-corrected chi connectivity index (χ0v) is 14.8. The van der Waals surface area contributed by atoms with Gasteiger partial charge < -0.3 is 14.7 Å². The summed E-state index contributed by atoms with van der Waals surface area (Å²) in [5.41, 5.74) is 0.610. The molecule has 0 aromatic heterocycles. The lowest BCUT2D eigenvalue weighted by Crippen LogP contribution is -2.38. The average Bonchev–Trinajstić information content (AvgIpc) is 3.02. The van der Waals surface area contributed by atoms with Crippen LogP contribution in [0.2, 0.25) is 0 Å². The van der Waals surface area contributed by atoms with Gasteiger partial charge in [0, 0.05) is 17.8 Å². The highest BCUT2D eigenvalue weighted by atomic mass is 32.2. The molecule has 3 atom stereocenters. The van der Waals surface area contributed by atoms with Gasteiger partial charge in [0.25, 0.3) is 0 Å². The fourth-order valence-corrected chi connectivity index (χ4v) is 4.19. The van der Waals surface area contributed by atoms with Crippen LogP contribution in [-0.2, 0) is 0 Å². The van der Waals surface area contributed by atoms with E-state index in [4.69, 9.17) is 10.00 Å². The Bertz CT molecular complexity index is 515. The molecule has 1 fully saturated rings. The second-order valence-electron chi connectivity index (χ2n) is 6.08. The smallest absolute Gasteiger partial charge is 0.119 e. The third-order valence-electron chi connectivity index (χ3n) is 4.31. The maximum absolute atomic E-state index is 10.2. The molecule has 1 N–H and O–H groups in total. The second kappa shape index (κ2) is 9.17. The number of ether oxygens (including phenoxy) is 1. The SMILES string of the molecule is CCSC1CCC(N(C)CC(O)COc2ccc(C#N)cc2)C1. The minimum Gasteiger partial charge on any atom is -0.491 e. The normalized spacial score (nSPS) is 22.0. The summed E-state index contributed by atoms with van der Waals surface area (Å²) in [5, 5.41) is 19.7. The van der Waals surface area contributed by atoms with E-state index in [9.17, 15) is 5.11 Å². The van der Waals surface area contributed by atoms with Crippen molar-refractivity contribution < 1.29 is 9.84 Å². The van der Waals surface area contributed by atoms with Crippen LogP contribution >= 0.6 is 11.8 Å². The van der Waals surface area contributed by atoms with Crippen LogP contribution in [-0.4, -0.2) is 53.4 Å². The number of benzene rings is 1. The molecule has 23 heavy (non-hydrogen) atoms. The fraction of sp³-hybridized carbons (Fsp3) is 0.611. The number of likely N-dealkylation sites (N-methyl/N-ethyl adjacent to an activating group) is 1. The van der Waals surface area contributed by atoms with Crippen LogP contribution in [0.5, 0.6) is 5.75 Å². The Morgan fingerprint density at radius 1 is 1.39 bits per heavy atom. The van der Waals surface area contributed by atoms with E-state index in [-0.39, 0.29) is 6.61 Å². The van der Waals surface area contributed by atoms with E-state index >= 15 is 0 Å². The Morgan fingerprint density at radius 2 is 2.13 bits per heavy atom. The molecular formula is C18H26N2O2S. The highest BCUT2D eigenvalue weighted by Crippen LogP contribution is 2.32. The van der Waals surface area contributed by atoms with Crippen LogP contribution in [0.3, 0.4) is 0 Å². The third kappa shape index (κ3) is 5.72. The number of aliphatic hydroxyl groups excluding tert-OH is 1. The lowest BCUT2D eigenvalue weighted by atomic mass is 10.2. The zero-order valence-electron chi connectivity index (χ0n) is 13.9. The van der Waals surface area contributed by atoms with Gasteiger partial charge in [0.05, 0.1) is 11.6 Å². The number of hydrogen-bond donors (Lipinski definition) is 1.